The van der Waals surface area contributed by atoms with Crippen molar-refractivity contribution >= 4 is 11.6 Å². The highest BCUT2D eigenvalue weighted by Gasteiger charge is 2.43. The number of hydrogen-bond donors (Lipinski definition) is 1. The lowest BCUT2D eigenvalue weighted by molar-refractivity contribution is -0.286. The minimum Gasteiger partial charge on any atom is -0.395 e. The number of alkyl halides is 2. The van der Waals surface area contributed by atoms with Crippen LogP contribution in [-0.4, -0.2) is 21.3 Å². The molecule has 0 saturated heterocycles. The van der Waals surface area contributed by atoms with Gasteiger partial charge in [0, 0.05) is 24.0 Å². The molecular weight excluding hydrogens is 378 g/mol. The quantitative estimate of drug-likeness (QED) is 0.829. The molecule has 144 valence electrons. The van der Waals surface area contributed by atoms with E-state index < -0.39 is 30.0 Å². The fourth-order valence-corrected chi connectivity index (χ4v) is 3.26. The van der Waals surface area contributed by atoms with E-state index in [1.165, 1.54) is 16.7 Å². The smallest absolute Gasteiger partial charge is 0.395 e. The molecule has 1 aromatic carbocycles. The molecule has 2 aliphatic rings. The van der Waals surface area contributed by atoms with Crippen molar-refractivity contribution in [2.24, 2.45) is 0 Å². The second-order valence-electron chi connectivity index (χ2n) is 6.24. The molecule has 0 unspecified atom stereocenters. The molecule has 3 heterocycles. The van der Waals surface area contributed by atoms with Crippen LogP contribution in [0.1, 0.15) is 17.7 Å². The summed E-state index contributed by atoms with van der Waals surface area (Å²) in [5, 5.41) is 11.6. The van der Waals surface area contributed by atoms with Gasteiger partial charge in [-0.15, -0.1) is 8.78 Å². The minimum absolute atomic E-state index is 0.111. The van der Waals surface area contributed by atoms with Crippen LogP contribution in [0.2, 0.25) is 0 Å². The summed E-state index contributed by atoms with van der Waals surface area (Å²) in [6.45, 7) is -0.266. The van der Waals surface area contributed by atoms with E-state index in [9.17, 15) is 28.4 Å². The number of nitriles is 1. The lowest BCUT2D eigenvalue weighted by Gasteiger charge is -2.11. The van der Waals surface area contributed by atoms with Crippen molar-refractivity contribution in [2.75, 3.05) is 5.32 Å². The Balaban J connectivity index is 1.59. The first-order chi connectivity index (χ1) is 13.3. The molecule has 28 heavy (non-hydrogen) atoms. The van der Waals surface area contributed by atoms with Crippen LogP contribution < -0.4 is 26.0 Å². The zero-order valence-corrected chi connectivity index (χ0v) is 14.2. The minimum atomic E-state index is -3.79. The molecule has 0 saturated carbocycles. The van der Waals surface area contributed by atoms with E-state index in [-0.39, 0.29) is 22.7 Å². The molecular formula is C17H12F2N4O5. The van der Waals surface area contributed by atoms with Gasteiger partial charge in [-0.2, -0.15) is 5.26 Å². The maximum atomic E-state index is 13.1. The largest absolute Gasteiger partial charge is 0.586 e. The number of amides is 1. The van der Waals surface area contributed by atoms with Crippen LogP contribution >= 0.6 is 0 Å². The number of halogens is 2. The average Bonchev–Trinajstić information content (AvgIpc) is 3.21. The highest BCUT2D eigenvalue weighted by atomic mass is 19.3. The number of ether oxygens (including phenoxy) is 2. The number of hydrogen-bond acceptors (Lipinski definition) is 6. The van der Waals surface area contributed by atoms with Gasteiger partial charge in [-0.05, 0) is 25.0 Å². The number of carbonyl (C=O) groups is 1. The van der Waals surface area contributed by atoms with Crippen LogP contribution in [0.5, 0.6) is 11.5 Å². The fourth-order valence-electron chi connectivity index (χ4n) is 3.26. The van der Waals surface area contributed by atoms with Crippen molar-refractivity contribution in [3.63, 3.8) is 0 Å². The molecule has 0 aliphatic carbocycles. The zero-order valence-electron chi connectivity index (χ0n) is 14.2. The maximum Gasteiger partial charge on any atom is 0.586 e. The van der Waals surface area contributed by atoms with E-state index in [2.05, 4.69) is 14.8 Å². The highest BCUT2D eigenvalue weighted by molar-refractivity contribution is 5.91. The summed E-state index contributed by atoms with van der Waals surface area (Å²) in [5.41, 5.74) is -1.17. The first-order valence-electron chi connectivity index (χ1n) is 8.25. The normalized spacial score (nSPS) is 15.8. The SMILES string of the molecule is N#Cc1c2n(c(=O)n(CC(=O)Nc3ccc4c(c3)OC(F)(F)O4)c1=O)CCC2. The van der Waals surface area contributed by atoms with Crippen molar-refractivity contribution in [1.82, 2.24) is 9.13 Å². The van der Waals surface area contributed by atoms with Crippen molar-refractivity contribution < 1.29 is 23.0 Å². The third-order valence-electron chi connectivity index (χ3n) is 4.43. The van der Waals surface area contributed by atoms with Gasteiger partial charge in [0.15, 0.2) is 11.5 Å². The molecule has 0 bridgehead atoms. The Morgan fingerprint density at radius 1 is 1.29 bits per heavy atom. The average molecular weight is 390 g/mol. The Bertz CT molecular complexity index is 1160. The van der Waals surface area contributed by atoms with Crippen LogP contribution in [0.25, 0.3) is 0 Å². The van der Waals surface area contributed by atoms with E-state index in [0.717, 1.165) is 6.07 Å². The summed E-state index contributed by atoms with van der Waals surface area (Å²) in [5.74, 6) is -1.19. The summed E-state index contributed by atoms with van der Waals surface area (Å²) in [4.78, 5) is 37.2. The predicted octanol–water partition coefficient (Wildman–Crippen LogP) is 0.788. The lowest BCUT2D eigenvalue weighted by atomic mass is 10.2. The Morgan fingerprint density at radius 2 is 2.04 bits per heavy atom. The van der Waals surface area contributed by atoms with Gasteiger partial charge in [-0.25, -0.2) is 9.36 Å². The van der Waals surface area contributed by atoms with E-state index in [1.807, 2.05) is 0 Å². The van der Waals surface area contributed by atoms with Crippen molar-refractivity contribution in [3.05, 3.63) is 50.3 Å². The number of nitrogens with zero attached hydrogens (tertiary/aromatic N) is 3. The predicted molar refractivity (Wildman–Crippen MR) is 89.3 cm³/mol. The molecule has 9 nitrogen and oxygen atoms in total. The number of aromatic nitrogens is 2. The van der Waals surface area contributed by atoms with Gasteiger partial charge >= 0.3 is 12.0 Å². The summed E-state index contributed by atoms with van der Waals surface area (Å²) in [7, 11) is 0. The first kappa shape index (κ1) is 17.7. The molecule has 0 spiro atoms. The van der Waals surface area contributed by atoms with E-state index in [1.54, 1.807) is 6.07 Å². The topological polar surface area (TPSA) is 115 Å². The molecule has 0 atom stereocenters. The van der Waals surface area contributed by atoms with E-state index in [4.69, 9.17) is 0 Å². The van der Waals surface area contributed by atoms with Gasteiger partial charge in [-0.3, -0.25) is 14.2 Å². The number of rotatable bonds is 3. The number of anilines is 1. The third-order valence-corrected chi connectivity index (χ3v) is 4.43. The van der Waals surface area contributed by atoms with Gasteiger partial charge in [0.25, 0.3) is 5.56 Å². The zero-order chi connectivity index (χ0) is 20.1. The second kappa shape index (κ2) is 6.19. The summed E-state index contributed by atoms with van der Waals surface area (Å²) in [6, 6.07) is 5.42. The third kappa shape index (κ3) is 2.88. The number of carbonyl (C=O) groups excluding carboxylic acids is 1. The standard InChI is InChI=1S/C17H12F2N4O5/c18-17(19)27-12-4-3-9(6-13(12)28-17)21-14(24)8-23-15(25)10(7-20)11-2-1-5-22(11)16(23)26/h3-4,6H,1-2,5,8H2,(H,21,24). The van der Waals surface area contributed by atoms with Crippen molar-refractivity contribution in [2.45, 2.75) is 32.2 Å². The van der Waals surface area contributed by atoms with Crippen molar-refractivity contribution in [3.8, 4) is 17.6 Å². The Morgan fingerprint density at radius 3 is 2.79 bits per heavy atom. The Kier molecular flexibility index (Phi) is 3.92. The van der Waals surface area contributed by atoms with Gasteiger partial charge < -0.3 is 14.8 Å². The number of fused-ring (bicyclic) bond motifs is 2. The van der Waals surface area contributed by atoms with Gasteiger partial charge in [-0.1, -0.05) is 0 Å². The molecule has 1 amide bonds. The Hall–Kier alpha value is -3.68. The first-order valence-corrected chi connectivity index (χ1v) is 8.25. The van der Waals surface area contributed by atoms with E-state index in [0.29, 0.717) is 29.6 Å². The molecule has 0 fully saturated rings. The fraction of sp³-hybridized carbons (Fsp3) is 0.294. The summed E-state index contributed by atoms with van der Waals surface area (Å²) in [6.07, 6.45) is -2.71. The van der Waals surface area contributed by atoms with Crippen LogP contribution in [-0.2, 0) is 24.3 Å². The molecule has 11 heteroatoms. The summed E-state index contributed by atoms with van der Waals surface area (Å²) >= 11 is 0. The lowest BCUT2D eigenvalue weighted by Crippen LogP contribution is -2.44. The Labute approximate surface area is 155 Å². The molecule has 2 aliphatic heterocycles. The van der Waals surface area contributed by atoms with E-state index >= 15 is 0 Å². The molecule has 4 rings (SSSR count). The van der Waals surface area contributed by atoms with Crippen LogP contribution in [0.4, 0.5) is 14.5 Å². The van der Waals surface area contributed by atoms with Gasteiger partial charge in [0.1, 0.15) is 18.2 Å². The monoisotopic (exact) mass is 390 g/mol. The van der Waals surface area contributed by atoms with Crippen molar-refractivity contribution in [1.29, 1.82) is 5.26 Å². The van der Waals surface area contributed by atoms with Gasteiger partial charge in [0.05, 0.1) is 0 Å². The summed E-state index contributed by atoms with van der Waals surface area (Å²) < 4.78 is 36.7. The van der Waals surface area contributed by atoms with Crippen LogP contribution in [0.3, 0.4) is 0 Å². The number of nitrogens with one attached hydrogen (secondary N) is 1. The second-order valence-corrected chi connectivity index (χ2v) is 6.24. The number of benzene rings is 1. The van der Waals surface area contributed by atoms with Crippen LogP contribution in [0.15, 0.2) is 27.8 Å². The maximum absolute atomic E-state index is 13.1. The highest BCUT2D eigenvalue weighted by Crippen LogP contribution is 2.42. The molecule has 0 radical (unpaired) electrons. The molecule has 2 aromatic rings. The molecule has 1 aromatic heterocycles. The van der Waals surface area contributed by atoms with Gasteiger partial charge in [0.2, 0.25) is 5.91 Å². The molecule has 1 N–H and O–H groups in total. The van der Waals surface area contributed by atoms with Crippen LogP contribution in [0, 0.1) is 11.3 Å².